The number of aryl methyl sites for hydroxylation is 1. The summed E-state index contributed by atoms with van der Waals surface area (Å²) in [6.45, 7) is 1.94. The van der Waals surface area contributed by atoms with Crippen molar-refractivity contribution in [3.8, 4) is 11.3 Å². The molecule has 0 radical (unpaired) electrons. The van der Waals surface area contributed by atoms with E-state index in [4.69, 9.17) is 16.7 Å². The molecule has 2 rings (SSSR count). The number of nitrogens with zero attached hydrogens (tertiary/aromatic N) is 1. The van der Waals surface area contributed by atoms with E-state index in [9.17, 15) is 4.79 Å². The average molecular weight is 248 g/mol. The van der Waals surface area contributed by atoms with Gasteiger partial charge < -0.3 is 5.11 Å². The minimum absolute atomic E-state index is 0.0456. The highest BCUT2D eigenvalue weighted by atomic mass is 35.5. The minimum Gasteiger partial charge on any atom is -0.477 e. The lowest BCUT2D eigenvalue weighted by molar-refractivity contribution is 0.0690. The molecule has 3 nitrogen and oxygen atoms in total. The van der Waals surface area contributed by atoms with Gasteiger partial charge in [0, 0.05) is 10.6 Å². The Morgan fingerprint density at radius 3 is 2.65 bits per heavy atom. The summed E-state index contributed by atoms with van der Waals surface area (Å²) in [6, 6.07) is 10.6. The zero-order chi connectivity index (χ0) is 12.4. The first-order valence-electron chi connectivity index (χ1n) is 5.05. The van der Waals surface area contributed by atoms with E-state index >= 15 is 0 Å². The Balaban J connectivity index is 2.60. The molecule has 0 aliphatic heterocycles. The standard InChI is InChI=1S/C13H10ClNO2/c1-8-4-2-3-5-10(8)11-6-9(14)7-12(15-11)13(16)17/h2-7H,1H3,(H,16,17). The Kier molecular flexibility index (Phi) is 3.11. The van der Waals surface area contributed by atoms with Crippen molar-refractivity contribution in [1.82, 2.24) is 4.98 Å². The zero-order valence-electron chi connectivity index (χ0n) is 9.14. The van der Waals surface area contributed by atoms with Crippen LogP contribution in [0.2, 0.25) is 5.02 Å². The molecule has 0 unspecified atom stereocenters. The molecule has 86 valence electrons. The Bertz CT molecular complexity index is 581. The molecule has 17 heavy (non-hydrogen) atoms. The summed E-state index contributed by atoms with van der Waals surface area (Å²) in [4.78, 5) is 15.0. The molecular formula is C13H10ClNO2. The lowest BCUT2D eigenvalue weighted by Crippen LogP contribution is -2.01. The largest absolute Gasteiger partial charge is 0.477 e. The summed E-state index contributed by atoms with van der Waals surface area (Å²) < 4.78 is 0. The molecule has 0 saturated heterocycles. The van der Waals surface area contributed by atoms with Crippen molar-refractivity contribution in [2.24, 2.45) is 0 Å². The fourth-order valence-corrected chi connectivity index (χ4v) is 1.81. The second-order valence-corrected chi connectivity index (χ2v) is 4.11. The fourth-order valence-electron chi connectivity index (χ4n) is 1.61. The topological polar surface area (TPSA) is 50.2 Å². The fraction of sp³-hybridized carbons (Fsp3) is 0.0769. The van der Waals surface area contributed by atoms with Gasteiger partial charge in [-0.15, -0.1) is 0 Å². The molecule has 1 aromatic carbocycles. The number of pyridine rings is 1. The van der Waals surface area contributed by atoms with Gasteiger partial charge in [0.05, 0.1) is 5.69 Å². The van der Waals surface area contributed by atoms with Crippen LogP contribution < -0.4 is 0 Å². The molecule has 0 spiro atoms. The number of carbonyl (C=O) groups is 1. The van der Waals surface area contributed by atoms with Crippen LogP contribution in [-0.2, 0) is 0 Å². The lowest BCUT2D eigenvalue weighted by Gasteiger charge is -2.06. The van der Waals surface area contributed by atoms with Gasteiger partial charge in [-0.1, -0.05) is 35.9 Å². The van der Waals surface area contributed by atoms with E-state index in [0.717, 1.165) is 11.1 Å². The smallest absolute Gasteiger partial charge is 0.354 e. The van der Waals surface area contributed by atoms with Crippen molar-refractivity contribution in [3.05, 3.63) is 52.7 Å². The molecule has 0 aliphatic rings. The monoisotopic (exact) mass is 247 g/mol. The van der Waals surface area contributed by atoms with Gasteiger partial charge in [0.1, 0.15) is 5.69 Å². The predicted molar refractivity (Wildman–Crippen MR) is 66.4 cm³/mol. The molecule has 1 heterocycles. The van der Waals surface area contributed by atoms with Crippen LogP contribution in [0.1, 0.15) is 16.1 Å². The molecule has 0 bridgehead atoms. The highest BCUT2D eigenvalue weighted by molar-refractivity contribution is 6.31. The van der Waals surface area contributed by atoms with Crippen molar-refractivity contribution < 1.29 is 9.90 Å². The van der Waals surface area contributed by atoms with Gasteiger partial charge in [0.2, 0.25) is 0 Å². The van der Waals surface area contributed by atoms with Crippen LogP contribution in [0, 0.1) is 6.92 Å². The van der Waals surface area contributed by atoms with Gasteiger partial charge in [0.25, 0.3) is 0 Å². The summed E-state index contributed by atoms with van der Waals surface area (Å²) >= 11 is 5.89. The van der Waals surface area contributed by atoms with E-state index in [1.165, 1.54) is 6.07 Å². The average Bonchev–Trinajstić information content (AvgIpc) is 2.28. The Morgan fingerprint density at radius 1 is 1.29 bits per heavy atom. The summed E-state index contributed by atoms with van der Waals surface area (Å²) in [6.07, 6.45) is 0. The van der Waals surface area contributed by atoms with Gasteiger partial charge >= 0.3 is 5.97 Å². The first-order valence-corrected chi connectivity index (χ1v) is 5.42. The third-order valence-electron chi connectivity index (χ3n) is 2.43. The van der Waals surface area contributed by atoms with Gasteiger partial charge in [0.15, 0.2) is 0 Å². The number of rotatable bonds is 2. The van der Waals surface area contributed by atoms with Crippen LogP contribution in [0.5, 0.6) is 0 Å². The van der Waals surface area contributed by atoms with Crippen LogP contribution in [0.4, 0.5) is 0 Å². The molecule has 2 aromatic rings. The number of carboxylic acid groups (broad SMARTS) is 1. The summed E-state index contributed by atoms with van der Waals surface area (Å²) in [5.41, 5.74) is 2.44. The third-order valence-corrected chi connectivity index (χ3v) is 2.65. The van der Waals surface area contributed by atoms with E-state index in [1.54, 1.807) is 6.07 Å². The summed E-state index contributed by atoms with van der Waals surface area (Å²) in [5, 5.41) is 9.30. The van der Waals surface area contributed by atoms with Crippen molar-refractivity contribution >= 4 is 17.6 Å². The van der Waals surface area contributed by atoms with Crippen LogP contribution in [0.15, 0.2) is 36.4 Å². The Morgan fingerprint density at radius 2 is 2.00 bits per heavy atom. The number of benzene rings is 1. The van der Waals surface area contributed by atoms with E-state index in [2.05, 4.69) is 4.98 Å². The molecule has 0 atom stereocenters. The quantitative estimate of drug-likeness (QED) is 0.885. The maximum Gasteiger partial charge on any atom is 0.354 e. The number of aromatic carboxylic acids is 1. The molecule has 0 aliphatic carbocycles. The van der Waals surface area contributed by atoms with Crippen molar-refractivity contribution in [1.29, 1.82) is 0 Å². The molecular weight excluding hydrogens is 238 g/mol. The Hall–Kier alpha value is -1.87. The minimum atomic E-state index is -1.08. The van der Waals surface area contributed by atoms with Gasteiger partial charge in [-0.3, -0.25) is 0 Å². The predicted octanol–water partition coefficient (Wildman–Crippen LogP) is 3.41. The van der Waals surface area contributed by atoms with Gasteiger partial charge in [-0.25, -0.2) is 9.78 Å². The van der Waals surface area contributed by atoms with E-state index < -0.39 is 5.97 Å². The number of halogens is 1. The number of hydrogen-bond donors (Lipinski definition) is 1. The highest BCUT2D eigenvalue weighted by Crippen LogP contribution is 2.24. The van der Waals surface area contributed by atoms with Crippen LogP contribution in [-0.4, -0.2) is 16.1 Å². The number of carboxylic acids is 1. The van der Waals surface area contributed by atoms with Gasteiger partial charge in [-0.2, -0.15) is 0 Å². The van der Waals surface area contributed by atoms with E-state index in [1.807, 2.05) is 31.2 Å². The molecule has 1 aromatic heterocycles. The number of aromatic nitrogens is 1. The lowest BCUT2D eigenvalue weighted by atomic mass is 10.1. The van der Waals surface area contributed by atoms with Crippen molar-refractivity contribution in [3.63, 3.8) is 0 Å². The van der Waals surface area contributed by atoms with Crippen molar-refractivity contribution in [2.75, 3.05) is 0 Å². The second kappa shape index (κ2) is 4.55. The summed E-state index contributed by atoms with van der Waals surface area (Å²) in [5.74, 6) is -1.08. The second-order valence-electron chi connectivity index (χ2n) is 3.68. The first-order chi connectivity index (χ1) is 8.08. The SMILES string of the molecule is Cc1ccccc1-c1cc(Cl)cc(C(=O)O)n1. The van der Waals surface area contributed by atoms with Crippen molar-refractivity contribution in [2.45, 2.75) is 6.92 Å². The van der Waals surface area contributed by atoms with E-state index in [0.29, 0.717) is 10.7 Å². The highest BCUT2D eigenvalue weighted by Gasteiger charge is 2.10. The third kappa shape index (κ3) is 2.45. The zero-order valence-corrected chi connectivity index (χ0v) is 9.90. The Labute approximate surface area is 104 Å². The van der Waals surface area contributed by atoms with E-state index in [-0.39, 0.29) is 5.69 Å². The van der Waals surface area contributed by atoms with Crippen LogP contribution >= 0.6 is 11.6 Å². The maximum atomic E-state index is 10.9. The van der Waals surface area contributed by atoms with Crippen LogP contribution in [0.3, 0.4) is 0 Å². The molecule has 0 fully saturated rings. The normalized spacial score (nSPS) is 10.2. The molecule has 4 heteroatoms. The summed E-state index contributed by atoms with van der Waals surface area (Å²) in [7, 11) is 0. The first kappa shape index (κ1) is 11.6. The van der Waals surface area contributed by atoms with Gasteiger partial charge in [-0.05, 0) is 24.6 Å². The maximum absolute atomic E-state index is 10.9. The molecule has 0 amide bonds. The molecule has 0 saturated carbocycles. The number of hydrogen-bond acceptors (Lipinski definition) is 2. The molecule has 1 N–H and O–H groups in total. The van der Waals surface area contributed by atoms with Crippen LogP contribution in [0.25, 0.3) is 11.3 Å².